The molecule has 0 saturated heterocycles. The van der Waals surface area contributed by atoms with Crippen LogP contribution in [0.5, 0.6) is 0 Å². The minimum Gasteiger partial charge on any atom is -0.212 e. The van der Waals surface area contributed by atoms with Crippen LogP contribution >= 0.6 is 0 Å². The predicted octanol–water partition coefficient (Wildman–Crippen LogP) is 1.85. The summed E-state index contributed by atoms with van der Waals surface area (Å²) in [6.07, 6.45) is 2.01. The van der Waals surface area contributed by atoms with Gasteiger partial charge < -0.3 is 0 Å². The van der Waals surface area contributed by atoms with E-state index < -0.39 is 14.8 Å². The molecule has 0 spiro atoms. The van der Waals surface area contributed by atoms with E-state index in [0.29, 0.717) is 5.92 Å². The average molecular weight is 219 g/mol. The lowest BCUT2D eigenvalue weighted by molar-refractivity contribution is 0.176. The largest absolute Gasteiger partial charge is 0.219 e. The van der Waals surface area contributed by atoms with E-state index in [-0.39, 0.29) is 6.04 Å². The molecule has 84 valence electrons. The van der Waals surface area contributed by atoms with Gasteiger partial charge in [-0.25, -0.2) is 12.7 Å². The van der Waals surface area contributed by atoms with Crippen LogP contribution in [0.15, 0.2) is 0 Å². The third kappa shape index (κ3) is 1.96. The highest BCUT2D eigenvalue weighted by molar-refractivity contribution is 7.90. The number of rotatable bonds is 2. The number of sulfonamides is 1. The van der Waals surface area contributed by atoms with Gasteiger partial charge in [0.25, 0.3) is 0 Å². The van der Waals surface area contributed by atoms with Crippen molar-refractivity contribution in [3.63, 3.8) is 0 Å². The average Bonchev–Trinajstić information content (AvgIpc) is 1.95. The molecule has 0 aromatic rings. The second-order valence-electron chi connectivity index (χ2n) is 5.36. The Morgan fingerprint density at radius 1 is 1.21 bits per heavy atom. The molecule has 1 saturated carbocycles. The van der Waals surface area contributed by atoms with Gasteiger partial charge in [0.2, 0.25) is 10.0 Å². The molecule has 1 fully saturated rings. The molecule has 1 rings (SSSR count). The van der Waals surface area contributed by atoms with E-state index >= 15 is 0 Å². The zero-order valence-corrected chi connectivity index (χ0v) is 10.6. The zero-order chi connectivity index (χ0) is 11.1. The number of nitrogens with zero attached hydrogens (tertiary/aromatic N) is 1. The molecule has 0 bridgehead atoms. The van der Waals surface area contributed by atoms with Gasteiger partial charge in [-0.15, -0.1) is 0 Å². The maximum Gasteiger partial charge on any atom is 0.219 e. The van der Waals surface area contributed by atoms with Crippen molar-refractivity contribution < 1.29 is 8.42 Å². The molecule has 0 amide bonds. The van der Waals surface area contributed by atoms with Gasteiger partial charge in [0.15, 0.2) is 0 Å². The van der Waals surface area contributed by atoms with Crippen LogP contribution < -0.4 is 0 Å². The second-order valence-corrected chi connectivity index (χ2v) is 8.11. The second kappa shape index (κ2) is 3.49. The zero-order valence-electron chi connectivity index (χ0n) is 9.74. The van der Waals surface area contributed by atoms with Gasteiger partial charge in [-0.2, -0.15) is 0 Å². The lowest BCUT2D eigenvalue weighted by Crippen LogP contribution is -2.50. The molecular weight excluding hydrogens is 198 g/mol. The number of hydrogen-bond donors (Lipinski definition) is 0. The highest BCUT2D eigenvalue weighted by Gasteiger charge is 2.40. The monoisotopic (exact) mass is 219 g/mol. The summed E-state index contributed by atoms with van der Waals surface area (Å²) in [4.78, 5) is 0. The van der Waals surface area contributed by atoms with E-state index in [1.807, 2.05) is 0 Å². The molecule has 3 nitrogen and oxygen atoms in total. The Balaban J connectivity index is 2.75. The minimum absolute atomic E-state index is 0.231. The molecule has 1 aliphatic carbocycles. The molecular formula is C10H21NO2S. The Morgan fingerprint density at radius 3 is 1.93 bits per heavy atom. The summed E-state index contributed by atoms with van der Waals surface area (Å²) in [7, 11) is -1.42. The molecule has 14 heavy (non-hydrogen) atoms. The van der Waals surface area contributed by atoms with E-state index in [2.05, 4.69) is 6.92 Å². The maximum atomic E-state index is 12.0. The van der Waals surface area contributed by atoms with Gasteiger partial charge in [-0.1, -0.05) is 6.92 Å². The summed E-state index contributed by atoms with van der Waals surface area (Å²) in [5.74, 6) is 0.678. The first-order chi connectivity index (χ1) is 6.16. The van der Waals surface area contributed by atoms with Crippen molar-refractivity contribution in [1.82, 2.24) is 4.31 Å². The lowest BCUT2D eigenvalue weighted by Gasteiger charge is -2.41. The van der Waals surface area contributed by atoms with Gasteiger partial charge in [0.1, 0.15) is 0 Å². The van der Waals surface area contributed by atoms with Crippen LogP contribution in [0.3, 0.4) is 0 Å². The maximum absolute atomic E-state index is 12.0. The smallest absolute Gasteiger partial charge is 0.212 e. The summed E-state index contributed by atoms with van der Waals surface area (Å²) < 4.78 is 24.9. The van der Waals surface area contributed by atoms with Crippen molar-refractivity contribution in [3.8, 4) is 0 Å². The Labute approximate surface area is 87.5 Å². The summed E-state index contributed by atoms with van der Waals surface area (Å²) in [5, 5.41) is 0. The first kappa shape index (κ1) is 12.0. The van der Waals surface area contributed by atoms with Crippen LogP contribution in [0, 0.1) is 5.92 Å². The Morgan fingerprint density at radius 2 is 1.64 bits per heavy atom. The fraction of sp³-hybridized carbons (Fsp3) is 1.00. The van der Waals surface area contributed by atoms with Crippen molar-refractivity contribution in [2.75, 3.05) is 7.05 Å². The first-order valence-corrected chi connectivity index (χ1v) is 6.58. The van der Waals surface area contributed by atoms with Crippen LogP contribution in [0.2, 0.25) is 0 Å². The van der Waals surface area contributed by atoms with Crippen LogP contribution in [0.4, 0.5) is 0 Å². The molecule has 0 atom stereocenters. The van der Waals surface area contributed by atoms with Crippen molar-refractivity contribution in [2.45, 2.75) is 51.3 Å². The Hall–Kier alpha value is -0.0900. The normalized spacial score (nSPS) is 29.0. The van der Waals surface area contributed by atoms with Crippen LogP contribution in [0.25, 0.3) is 0 Å². The predicted molar refractivity (Wildman–Crippen MR) is 58.6 cm³/mol. The quantitative estimate of drug-likeness (QED) is 0.710. The molecule has 4 heteroatoms. The summed E-state index contributed by atoms with van der Waals surface area (Å²) in [6.45, 7) is 7.41. The molecule has 1 aliphatic rings. The van der Waals surface area contributed by atoms with E-state index in [0.717, 1.165) is 12.8 Å². The van der Waals surface area contributed by atoms with Gasteiger partial charge in [-0.3, -0.25) is 0 Å². The molecule has 0 aromatic heterocycles. The van der Waals surface area contributed by atoms with Crippen molar-refractivity contribution >= 4 is 10.0 Å². The van der Waals surface area contributed by atoms with E-state index in [1.54, 1.807) is 32.1 Å². The fourth-order valence-electron chi connectivity index (χ4n) is 1.79. The van der Waals surface area contributed by atoms with Gasteiger partial charge in [0, 0.05) is 13.1 Å². The topological polar surface area (TPSA) is 37.4 Å². The van der Waals surface area contributed by atoms with Gasteiger partial charge >= 0.3 is 0 Å². The first-order valence-electron chi connectivity index (χ1n) is 5.14. The summed E-state index contributed by atoms with van der Waals surface area (Å²) >= 11 is 0. The highest BCUT2D eigenvalue weighted by atomic mass is 32.2. The minimum atomic E-state index is -3.13. The summed E-state index contributed by atoms with van der Waals surface area (Å²) in [6, 6.07) is 0.231. The SMILES string of the molecule is CN([C@H]1C[C@H](C)C1)S(=O)(=O)C(C)(C)C. The third-order valence-corrected chi connectivity index (χ3v) is 5.62. The molecule has 0 unspecified atom stereocenters. The Bertz CT molecular complexity index is 297. The van der Waals surface area contributed by atoms with Crippen molar-refractivity contribution in [2.24, 2.45) is 5.92 Å². The number of hydrogen-bond acceptors (Lipinski definition) is 2. The lowest BCUT2D eigenvalue weighted by atomic mass is 9.82. The van der Waals surface area contributed by atoms with Crippen LogP contribution in [-0.2, 0) is 10.0 Å². The van der Waals surface area contributed by atoms with Gasteiger partial charge in [-0.05, 0) is 39.5 Å². The van der Waals surface area contributed by atoms with Crippen molar-refractivity contribution in [1.29, 1.82) is 0 Å². The Kier molecular flexibility index (Phi) is 2.99. The summed E-state index contributed by atoms with van der Waals surface area (Å²) in [5.41, 5.74) is 0. The molecule has 0 N–H and O–H groups in total. The van der Waals surface area contributed by atoms with E-state index in [9.17, 15) is 8.42 Å². The highest BCUT2D eigenvalue weighted by Crippen LogP contribution is 2.34. The fourth-order valence-corrected chi connectivity index (χ4v) is 3.21. The van der Waals surface area contributed by atoms with Crippen LogP contribution in [0.1, 0.15) is 40.5 Å². The van der Waals surface area contributed by atoms with Gasteiger partial charge in [0.05, 0.1) is 4.75 Å². The molecule has 0 radical (unpaired) electrons. The van der Waals surface area contributed by atoms with Crippen LogP contribution in [-0.4, -0.2) is 30.6 Å². The van der Waals surface area contributed by atoms with E-state index in [1.165, 1.54) is 0 Å². The van der Waals surface area contributed by atoms with E-state index in [4.69, 9.17) is 0 Å². The molecule has 0 aliphatic heterocycles. The van der Waals surface area contributed by atoms with Crippen molar-refractivity contribution in [3.05, 3.63) is 0 Å². The third-order valence-electron chi connectivity index (χ3n) is 3.02. The molecule has 0 aromatic carbocycles. The standard InChI is InChI=1S/C10H21NO2S/c1-8-6-9(7-8)11(5)14(12,13)10(2,3)4/h8-9H,6-7H2,1-5H3/t8-,9-. The molecule has 0 heterocycles.